The van der Waals surface area contributed by atoms with Crippen molar-refractivity contribution in [3.8, 4) is 0 Å². The molecule has 1 rings (SSSR count). The molecule has 19 heavy (non-hydrogen) atoms. The van der Waals surface area contributed by atoms with E-state index in [0.717, 1.165) is 0 Å². The zero-order valence-corrected chi connectivity index (χ0v) is 10.1. The van der Waals surface area contributed by atoms with E-state index in [4.69, 9.17) is 10.8 Å². The van der Waals surface area contributed by atoms with Gasteiger partial charge in [0.05, 0.1) is 6.54 Å². The van der Waals surface area contributed by atoms with Crippen LogP contribution in [0.15, 0.2) is 30.3 Å². The van der Waals surface area contributed by atoms with Gasteiger partial charge >= 0.3 is 5.97 Å². The van der Waals surface area contributed by atoms with E-state index >= 15 is 0 Å². The van der Waals surface area contributed by atoms with Gasteiger partial charge in [-0.2, -0.15) is 0 Å². The van der Waals surface area contributed by atoms with Crippen molar-refractivity contribution in [3.05, 3.63) is 35.9 Å². The highest BCUT2D eigenvalue weighted by Gasteiger charge is 2.16. The monoisotopic (exact) mass is 265 g/mol. The minimum atomic E-state index is -1.15. The van der Waals surface area contributed by atoms with Crippen molar-refractivity contribution in [2.24, 2.45) is 5.73 Å². The van der Waals surface area contributed by atoms with Crippen LogP contribution in [0.2, 0.25) is 0 Å². The van der Waals surface area contributed by atoms with E-state index in [0.29, 0.717) is 5.56 Å². The summed E-state index contributed by atoms with van der Waals surface area (Å²) < 4.78 is 0. The molecule has 0 aliphatic heterocycles. The molecule has 0 heterocycles. The molecule has 0 radical (unpaired) electrons. The number of rotatable bonds is 6. The first-order valence-electron chi connectivity index (χ1n) is 5.57. The zero-order valence-electron chi connectivity index (χ0n) is 10.1. The molecule has 102 valence electrons. The second-order valence-corrected chi connectivity index (χ2v) is 3.78. The van der Waals surface area contributed by atoms with E-state index in [1.807, 2.05) is 0 Å². The maximum absolute atomic E-state index is 11.7. The average Bonchev–Trinajstić information content (AvgIpc) is 2.42. The van der Waals surface area contributed by atoms with Crippen LogP contribution in [-0.2, 0) is 14.4 Å². The zero-order chi connectivity index (χ0) is 14.3. The summed E-state index contributed by atoms with van der Waals surface area (Å²) in [5.74, 6) is -2.24. The van der Waals surface area contributed by atoms with Gasteiger partial charge in [-0.3, -0.25) is 14.4 Å². The molecule has 5 N–H and O–H groups in total. The number of carbonyl (C=O) groups is 3. The summed E-state index contributed by atoms with van der Waals surface area (Å²) in [4.78, 5) is 33.0. The van der Waals surface area contributed by atoms with E-state index in [2.05, 4.69) is 10.6 Å². The van der Waals surface area contributed by atoms with Crippen molar-refractivity contribution in [2.75, 3.05) is 13.1 Å². The van der Waals surface area contributed by atoms with Gasteiger partial charge in [-0.1, -0.05) is 30.3 Å². The number of hydrogen-bond donors (Lipinski definition) is 4. The Morgan fingerprint density at radius 1 is 1.11 bits per heavy atom. The second kappa shape index (κ2) is 7.12. The minimum Gasteiger partial charge on any atom is -0.480 e. The van der Waals surface area contributed by atoms with Crippen LogP contribution in [0.5, 0.6) is 0 Å². The highest BCUT2D eigenvalue weighted by molar-refractivity contribution is 5.89. The SMILES string of the molecule is NC(C(=O)NCC(=O)NCC(=O)O)c1ccccc1. The van der Waals surface area contributed by atoms with Crippen molar-refractivity contribution in [3.63, 3.8) is 0 Å². The van der Waals surface area contributed by atoms with Crippen LogP contribution in [0.4, 0.5) is 0 Å². The number of aliphatic carboxylic acids is 1. The van der Waals surface area contributed by atoms with Crippen molar-refractivity contribution in [2.45, 2.75) is 6.04 Å². The van der Waals surface area contributed by atoms with E-state index in [1.165, 1.54) is 0 Å². The minimum absolute atomic E-state index is 0.313. The summed E-state index contributed by atoms with van der Waals surface area (Å²) in [7, 11) is 0. The number of amides is 2. The first-order chi connectivity index (χ1) is 9.00. The fourth-order valence-electron chi connectivity index (χ4n) is 1.33. The number of carboxylic acids is 1. The topological polar surface area (TPSA) is 122 Å². The molecule has 1 aromatic carbocycles. The Balaban J connectivity index is 2.39. The molecule has 1 aromatic rings. The Morgan fingerprint density at radius 3 is 2.32 bits per heavy atom. The fourth-order valence-corrected chi connectivity index (χ4v) is 1.33. The largest absolute Gasteiger partial charge is 0.480 e. The fraction of sp³-hybridized carbons (Fsp3) is 0.250. The van der Waals surface area contributed by atoms with Gasteiger partial charge in [0, 0.05) is 0 Å². The average molecular weight is 265 g/mol. The van der Waals surface area contributed by atoms with E-state index in [-0.39, 0.29) is 6.54 Å². The maximum Gasteiger partial charge on any atom is 0.322 e. The number of nitrogens with one attached hydrogen (secondary N) is 2. The van der Waals surface area contributed by atoms with Crippen molar-refractivity contribution < 1.29 is 19.5 Å². The molecule has 0 aromatic heterocycles. The van der Waals surface area contributed by atoms with Crippen LogP contribution < -0.4 is 16.4 Å². The Kier molecular flexibility index (Phi) is 5.49. The van der Waals surface area contributed by atoms with Crippen LogP contribution in [-0.4, -0.2) is 36.0 Å². The normalized spacial score (nSPS) is 11.4. The second-order valence-electron chi connectivity index (χ2n) is 3.78. The third-order valence-electron chi connectivity index (χ3n) is 2.30. The number of benzene rings is 1. The van der Waals surface area contributed by atoms with Gasteiger partial charge in [-0.25, -0.2) is 0 Å². The summed E-state index contributed by atoms with van der Waals surface area (Å²) in [6.45, 7) is -0.800. The van der Waals surface area contributed by atoms with Gasteiger partial charge in [0.15, 0.2) is 0 Å². The van der Waals surface area contributed by atoms with Gasteiger partial charge in [0.2, 0.25) is 11.8 Å². The molecule has 0 saturated carbocycles. The molecule has 7 heteroatoms. The van der Waals surface area contributed by atoms with Gasteiger partial charge < -0.3 is 21.5 Å². The Morgan fingerprint density at radius 2 is 1.74 bits per heavy atom. The Hall–Kier alpha value is -2.41. The van der Waals surface area contributed by atoms with Crippen LogP contribution in [0.25, 0.3) is 0 Å². The van der Waals surface area contributed by atoms with Crippen molar-refractivity contribution in [1.82, 2.24) is 10.6 Å². The molecule has 0 aliphatic rings. The lowest BCUT2D eigenvalue weighted by atomic mass is 10.1. The van der Waals surface area contributed by atoms with E-state index in [1.54, 1.807) is 30.3 Å². The summed E-state index contributed by atoms with van der Waals surface area (Å²) in [6.07, 6.45) is 0. The highest BCUT2D eigenvalue weighted by atomic mass is 16.4. The standard InChI is InChI=1S/C12H15N3O4/c13-11(8-4-2-1-3-5-8)12(19)15-6-9(16)14-7-10(17)18/h1-5,11H,6-7,13H2,(H,14,16)(H,15,19)(H,17,18). The molecule has 1 unspecified atom stereocenters. The highest BCUT2D eigenvalue weighted by Crippen LogP contribution is 2.08. The predicted octanol–water partition coefficient (Wildman–Crippen LogP) is -0.997. The molecule has 0 bridgehead atoms. The number of carbonyl (C=O) groups excluding carboxylic acids is 2. The van der Waals surface area contributed by atoms with Crippen molar-refractivity contribution >= 4 is 17.8 Å². The Bertz CT molecular complexity index is 461. The summed E-state index contributed by atoms with van der Waals surface area (Å²) >= 11 is 0. The van der Waals surface area contributed by atoms with Crippen LogP contribution in [0.1, 0.15) is 11.6 Å². The van der Waals surface area contributed by atoms with Gasteiger partial charge in [-0.15, -0.1) is 0 Å². The third kappa shape index (κ3) is 5.17. The van der Waals surface area contributed by atoms with Crippen molar-refractivity contribution in [1.29, 1.82) is 0 Å². The number of carboxylic acid groups (broad SMARTS) is 1. The maximum atomic E-state index is 11.7. The smallest absolute Gasteiger partial charge is 0.322 e. The lowest BCUT2D eigenvalue weighted by Crippen LogP contribution is -2.42. The summed E-state index contributed by atoms with van der Waals surface area (Å²) in [5.41, 5.74) is 6.34. The lowest BCUT2D eigenvalue weighted by molar-refractivity contribution is -0.137. The molecule has 1 atom stereocenters. The molecule has 0 spiro atoms. The first kappa shape index (κ1) is 14.7. The Labute approximate surface area is 109 Å². The molecule has 0 saturated heterocycles. The predicted molar refractivity (Wildman–Crippen MR) is 67.0 cm³/mol. The van der Waals surface area contributed by atoms with Gasteiger partial charge in [0.1, 0.15) is 12.6 Å². The molecule has 7 nitrogen and oxygen atoms in total. The third-order valence-corrected chi connectivity index (χ3v) is 2.30. The molecular weight excluding hydrogens is 250 g/mol. The molecule has 0 fully saturated rings. The number of hydrogen-bond acceptors (Lipinski definition) is 4. The lowest BCUT2D eigenvalue weighted by Gasteiger charge is -2.12. The van der Waals surface area contributed by atoms with E-state index in [9.17, 15) is 14.4 Å². The molecular formula is C12H15N3O4. The van der Waals surface area contributed by atoms with Crippen LogP contribution in [0, 0.1) is 0 Å². The van der Waals surface area contributed by atoms with Crippen LogP contribution in [0.3, 0.4) is 0 Å². The van der Waals surface area contributed by atoms with Crippen LogP contribution >= 0.6 is 0 Å². The molecule has 2 amide bonds. The summed E-state index contributed by atoms with van der Waals surface area (Å²) in [5, 5.41) is 12.8. The molecule has 0 aliphatic carbocycles. The van der Waals surface area contributed by atoms with E-state index < -0.39 is 30.4 Å². The van der Waals surface area contributed by atoms with Gasteiger partial charge in [0.25, 0.3) is 0 Å². The van der Waals surface area contributed by atoms with Gasteiger partial charge in [-0.05, 0) is 5.56 Å². The quantitative estimate of drug-likeness (QED) is 0.526. The summed E-state index contributed by atoms with van der Waals surface area (Å²) in [6, 6.07) is 7.84. The number of nitrogens with two attached hydrogens (primary N) is 1. The first-order valence-corrected chi connectivity index (χ1v) is 5.57.